The second kappa shape index (κ2) is 5.71. The van der Waals surface area contributed by atoms with Crippen molar-refractivity contribution in [1.29, 1.82) is 0 Å². The molecular formula is C15H18FN3O2. The van der Waals surface area contributed by atoms with E-state index >= 15 is 0 Å². The number of ether oxygens (including phenoxy) is 2. The zero-order chi connectivity index (χ0) is 14.8. The van der Waals surface area contributed by atoms with E-state index in [1.807, 2.05) is 20.0 Å². The van der Waals surface area contributed by atoms with Gasteiger partial charge in [0.2, 0.25) is 0 Å². The maximum atomic E-state index is 14.2. The van der Waals surface area contributed by atoms with Gasteiger partial charge in [-0.05, 0) is 30.9 Å². The average molecular weight is 291 g/mol. The van der Waals surface area contributed by atoms with Gasteiger partial charge in [0.15, 0.2) is 11.5 Å². The number of aryl methyl sites for hydroxylation is 1. The summed E-state index contributed by atoms with van der Waals surface area (Å²) in [4.78, 5) is 0. The fraction of sp³-hybridized carbons (Fsp3) is 0.467. The molecule has 3 rings (SSSR count). The Bertz CT molecular complexity index is 642. The molecule has 0 fully saturated rings. The number of fused-ring (bicyclic) bond motifs is 1. The topological polar surface area (TPSA) is 49.2 Å². The third-order valence-corrected chi connectivity index (χ3v) is 3.62. The van der Waals surface area contributed by atoms with Crippen LogP contribution in [0.5, 0.6) is 11.5 Å². The summed E-state index contributed by atoms with van der Waals surface area (Å²) in [6, 6.07) is 3.14. The van der Waals surface area contributed by atoms with Crippen LogP contribution in [-0.4, -0.2) is 28.2 Å². The first-order valence-electron chi connectivity index (χ1n) is 7.15. The maximum Gasteiger partial charge on any atom is 0.164 e. The van der Waals surface area contributed by atoms with Crippen LogP contribution in [0.1, 0.15) is 31.0 Å². The smallest absolute Gasteiger partial charge is 0.164 e. The molecule has 112 valence electrons. The van der Waals surface area contributed by atoms with Gasteiger partial charge in [0, 0.05) is 18.8 Å². The monoisotopic (exact) mass is 291 g/mol. The molecule has 0 radical (unpaired) electrons. The maximum absolute atomic E-state index is 14.2. The summed E-state index contributed by atoms with van der Waals surface area (Å²) in [6.07, 6.45) is 2.53. The standard InChI is InChI=1S/C15H18FN3O2/c1-3-19-9-11(17-18-19)6-10(2)12-7-14-15(8-13(12)16)21-5-4-20-14/h7-10H,3-6H2,1-2H3. The Kier molecular flexibility index (Phi) is 3.77. The number of hydrogen-bond acceptors (Lipinski definition) is 4. The summed E-state index contributed by atoms with van der Waals surface area (Å²) >= 11 is 0. The lowest BCUT2D eigenvalue weighted by Gasteiger charge is -2.21. The highest BCUT2D eigenvalue weighted by Crippen LogP contribution is 2.35. The van der Waals surface area contributed by atoms with E-state index in [1.54, 1.807) is 10.7 Å². The normalized spacial score (nSPS) is 15.0. The van der Waals surface area contributed by atoms with Crippen molar-refractivity contribution in [2.45, 2.75) is 32.7 Å². The molecule has 1 aromatic heterocycles. The van der Waals surface area contributed by atoms with Crippen molar-refractivity contribution in [1.82, 2.24) is 15.0 Å². The molecule has 0 saturated heterocycles. The second-order valence-corrected chi connectivity index (χ2v) is 5.19. The van der Waals surface area contributed by atoms with Gasteiger partial charge >= 0.3 is 0 Å². The van der Waals surface area contributed by atoms with Crippen molar-refractivity contribution < 1.29 is 13.9 Å². The molecular weight excluding hydrogens is 273 g/mol. The molecule has 1 aliphatic heterocycles. The molecule has 2 heterocycles. The Balaban J connectivity index is 1.82. The van der Waals surface area contributed by atoms with Crippen LogP contribution in [0.4, 0.5) is 4.39 Å². The number of benzene rings is 1. The molecule has 0 N–H and O–H groups in total. The van der Waals surface area contributed by atoms with E-state index in [0.717, 1.165) is 12.2 Å². The molecule has 0 bridgehead atoms. The Morgan fingerprint density at radius 1 is 1.29 bits per heavy atom. The fourth-order valence-corrected chi connectivity index (χ4v) is 2.47. The summed E-state index contributed by atoms with van der Waals surface area (Å²) in [5, 5.41) is 8.11. The quantitative estimate of drug-likeness (QED) is 0.868. The molecule has 1 aromatic carbocycles. The van der Waals surface area contributed by atoms with Crippen molar-refractivity contribution >= 4 is 0 Å². The molecule has 2 aromatic rings. The van der Waals surface area contributed by atoms with E-state index in [-0.39, 0.29) is 11.7 Å². The molecule has 0 spiro atoms. The predicted octanol–water partition coefficient (Wildman–Crippen LogP) is 2.55. The van der Waals surface area contributed by atoms with Crippen molar-refractivity contribution in [3.05, 3.63) is 35.4 Å². The molecule has 1 aliphatic rings. The molecule has 6 heteroatoms. The van der Waals surface area contributed by atoms with Crippen LogP contribution in [0.25, 0.3) is 0 Å². The molecule has 21 heavy (non-hydrogen) atoms. The number of rotatable bonds is 4. The minimum Gasteiger partial charge on any atom is -0.486 e. The van der Waals surface area contributed by atoms with Crippen LogP contribution in [-0.2, 0) is 13.0 Å². The first-order chi connectivity index (χ1) is 10.2. The summed E-state index contributed by atoms with van der Waals surface area (Å²) in [5.41, 5.74) is 1.48. The molecule has 5 nitrogen and oxygen atoms in total. The Morgan fingerprint density at radius 3 is 2.67 bits per heavy atom. The SMILES string of the molecule is CCn1cc(CC(C)c2cc3c(cc2F)OCCO3)nn1. The summed E-state index contributed by atoms with van der Waals surface area (Å²) in [7, 11) is 0. The Hall–Kier alpha value is -2.11. The highest BCUT2D eigenvalue weighted by atomic mass is 19.1. The highest BCUT2D eigenvalue weighted by molar-refractivity contribution is 5.45. The van der Waals surface area contributed by atoms with Gasteiger partial charge in [0.1, 0.15) is 19.0 Å². The lowest BCUT2D eigenvalue weighted by molar-refractivity contribution is 0.170. The first kappa shape index (κ1) is 13.9. The van der Waals surface area contributed by atoms with E-state index in [2.05, 4.69) is 10.3 Å². The van der Waals surface area contributed by atoms with Crippen LogP contribution in [0.2, 0.25) is 0 Å². The third kappa shape index (κ3) is 2.84. The van der Waals surface area contributed by atoms with Gasteiger partial charge in [-0.1, -0.05) is 12.1 Å². The fourth-order valence-electron chi connectivity index (χ4n) is 2.47. The van der Waals surface area contributed by atoms with Gasteiger partial charge in [-0.3, -0.25) is 4.68 Å². The van der Waals surface area contributed by atoms with Crippen LogP contribution < -0.4 is 9.47 Å². The zero-order valence-electron chi connectivity index (χ0n) is 12.2. The first-order valence-corrected chi connectivity index (χ1v) is 7.15. The summed E-state index contributed by atoms with van der Waals surface area (Å²) in [5.74, 6) is 0.811. The van der Waals surface area contributed by atoms with Crippen molar-refractivity contribution in [2.75, 3.05) is 13.2 Å². The van der Waals surface area contributed by atoms with E-state index in [1.165, 1.54) is 6.07 Å². The van der Waals surface area contributed by atoms with Gasteiger partial charge in [0.05, 0.1) is 5.69 Å². The van der Waals surface area contributed by atoms with Gasteiger partial charge in [-0.2, -0.15) is 0 Å². The van der Waals surface area contributed by atoms with Crippen LogP contribution in [0.15, 0.2) is 18.3 Å². The van der Waals surface area contributed by atoms with Crippen molar-refractivity contribution in [3.8, 4) is 11.5 Å². The lowest BCUT2D eigenvalue weighted by atomic mass is 9.95. The van der Waals surface area contributed by atoms with E-state index < -0.39 is 0 Å². The third-order valence-electron chi connectivity index (χ3n) is 3.62. The highest BCUT2D eigenvalue weighted by Gasteiger charge is 2.20. The summed E-state index contributed by atoms with van der Waals surface area (Å²) < 4.78 is 26.9. The Labute approximate surface area is 122 Å². The van der Waals surface area contributed by atoms with Gasteiger partial charge < -0.3 is 9.47 Å². The average Bonchev–Trinajstić information content (AvgIpc) is 2.94. The molecule has 0 amide bonds. The van der Waals surface area contributed by atoms with Crippen molar-refractivity contribution in [3.63, 3.8) is 0 Å². The lowest BCUT2D eigenvalue weighted by Crippen LogP contribution is -2.16. The van der Waals surface area contributed by atoms with E-state index in [9.17, 15) is 4.39 Å². The van der Waals surface area contributed by atoms with E-state index in [0.29, 0.717) is 36.7 Å². The van der Waals surface area contributed by atoms with Crippen molar-refractivity contribution in [2.24, 2.45) is 0 Å². The molecule has 0 aliphatic carbocycles. The van der Waals surface area contributed by atoms with E-state index in [4.69, 9.17) is 9.47 Å². The van der Waals surface area contributed by atoms with Gasteiger partial charge in [0.25, 0.3) is 0 Å². The second-order valence-electron chi connectivity index (χ2n) is 5.19. The number of hydrogen-bond donors (Lipinski definition) is 0. The number of nitrogens with zero attached hydrogens (tertiary/aromatic N) is 3. The van der Waals surface area contributed by atoms with Crippen LogP contribution >= 0.6 is 0 Å². The Morgan fingerprint density at radius 2 is 2.00 bits per heavy atom. The van der Waals surface area contributed by atoms with Gasteiger partial charge in [-0.15, -0.1) is 5.10 Å². The van der Waals surface area contributed by atoms with Crippen LogP contribution in [0, 0.1) is 5.82 Å². The molecule has 1 unspecified atom stereocenters. The predicted molar refractivity (Wildman–Crippen MR) is 75.2 cm³/mol. The molecule has 1 atom stereocenters. The largest absolute Gasteiger partial charge is 0.486 e. The van der Waals surface area contributed by atoms with Crippen LogP contribution in [0.3, 0.4) is 0 Å². The zero-order valence-corrected chi connectivity index (χ0v) is 12.2. The number of aromatic nitrogens is 3. The number of halogens is 1. The minimum atomic E-state index is -0.269. The van der Waals surface area contributed by atoms with Gasteiger partial charge in [-0.25, -0.2) is 4.39 Å². The minimum absolute atomic E-state index is 0.0113. The molecule has 0 saturated carbocycles. The summed E-state index contributed by atoms with van der Waals surface area (Å²) in [6.45, 7) is 5.71.